The van der Waals surface area contributed by atoms with Gasteiger partial charge in [-0.25, -0.2) is 0 Å². The molecule has 0 aromatic rings. The van der Waals surface area contributed by atoms with Gasteiger partial charge >= 0.3 is 15.6 Å². The molecule has 0 radical (unpaired) electrons. The van der Waals surface area contributed by atoms with E-state index in [1.54, 1.807) is 0 Å². The lowest BCUT2D eigenvalue weighted by molar-refractivity contribution is -0.107. The summed E-state index contributed by atoms with van der Waals surface area (Å²) in [6.07, 6.45) is 16.8. The van der Waals surface area contributed by atoms with Gasteiger partial charge in [-0.3, -0.25) is 4.90 Å². The van der Waals surface area contributed by atoms with E-state index < -0.39 is 32.6 Å². The summed E-state index contributed by atoms with van der Waals surface area (Å²) in [6, 6.07) is -0.252. The number of alkyl halides is 3. The molecule has 1 spiro atoms. The molecule has 0 saturated carbocycles. The summed E-state index contributed by atoms with van der Waals surface area (Å²) < 4.78 is 69.1. The molecule has 1 N–H and O–H groups in total. The predicted octanol–water partition coefficient (Wildman–Crippen LogP) is 4.10. The molecule has 6 atom stereocenters. The maximum Gasteiger partial charge on any atom is 0.534 e. The molecular weight excluding hydrogens is 481 g/mol. The van der Waals surface area contributed by atoms with Crippen LogP contribution in [0.1, 0.15) is 57.8 Å². The number of allylic oxidation sites excluding steroid dienone is 4. The summed E-state index contributed by atoms with van der Waals surface area (Å²) in [5.41, 5.74) is -7.62. The molecule has 6 nitrogen and oxygen atoms in total. The van der Waals surface area contributed by atoms with E-state index in [0.717, 1.165) is 45.2 Å². The van der Waals surface area contributed by atoms with Crippen molar-refractivity contribution in [2.45, 2.75) is 81.0 Å². The Morgan fingerprint density at radius 2 is 1.80 bits per heavy atom. The van der Waals surface area contributed by atoms with Gasteiger partial charge in [0, 0.05) is 23.9 Å². The lowest BCUT2D eigenvalue weighted by Gasteiger charge is -2.57. The van der Waals surface area contributed by atoms with Crippen molar-refractivity contribution < 1.29 is 30.9 Å². The van der Waals surface area contributed by atoms with E-state index in [1.165, 1.54) is 6.08 Å². The van der Waals surface area contributed by atoms with E-state index in [1.807, 2.05) is 6.08 Å². The molecule has 4 aliphatic heterocycles. The maximum atomic E-state index is 13.3. The van der Waals surface area contributed by atoms with Crippen molar-refractivity contribution in [3.05, 3.63) is 36.1 Å². The van der Waals surface area contributed by atoms with E-state index >= 15 is 0 Å². The quantitative estimate of drug-likeness (QED) is 0.339. The first-order valence-corrected chi connectivity index (χ1v) is 14.2. The molecule has 10 heteroatoms. The van der Waals surface area contributed by atoms with E-state index in [4.69, 9.17) is 4.18 Å². The van der Waals surface area contributed by atoms with Gasteiger partial charge in [0.05, 0.1) is 6.04 Å². The smallest absolute Gasteiger partial charge is 0.384 e. The van der Waals surface area contributed by atoms with Gasteiger partial charge in [-0.1, -0.05) is 24.3 Å². The third-order valence-electron chi connectivity index (χ3n) is 8.65. The SMILES string of the molecule is O=S(=O)(OC1=C[C@@]2(O)CC/C=C\CCCCN3CC[C@@H]1[C@]1(C[C@@H]4C=CCCCN4[C@H]12)C3)C(F)(F)F. The monoisotopic (exact) mass is 516 g/mol. The highest BCUT2D eigenvalue weighted by molar-refractivity contribution is 7.87. The van der Waals surface area contributed by atoms with Crippen LogP contribution in [0.5, 0.6) is 0 Å². The third kappa shape index (κ3) is 4.49. The fourth-order valence-electron chi connectivity index (χ4n) is 7.39. The summed E-state index contributed by atoms with van der Waals surface area (Å²) >= 11 is 0. The fraction of sp³-hybridized carbons (Fsp3) is 0.760. The van der Waals surface area contributed by atoms with Gasteiger partial charge in [-0.05, 0) is 83.5 Å². The maximum absolute atomic E-state index is 13.3. The Labute approximate surface area is 205 Å². The van der Waals surface area contributed by atoms with Gasteiger partial charge in [0.2, 0.25) is 0 Å². The van der Waals surface area contributed by atoms with Crippen molar-refractivity contribution in [1.82, 2.24) is 9.80 Å². The van der Waals surface area contributed by atoms with Gasteiger partial charge in [0.1, 0.15) is 11.4 Å². The standard InChI is InChI=1S/C25H35F3N2O4S/c26-25(27,28)35(32,33)34-21-17-24(31)12-7-3-1-2-4-8-13-29-15-11-20(21)23(18-29)16-19-10-6-5-9-14-30(19)22(23)24/h1,3,6,10,17,19-20,22,31H,2,4-5,7-9,11-16,18H2/b3-1-/t19-,20-,22+,23-,24-/m0/s1. The Morgan fingerprint density at radius 3 is 2.60 bits per heavy atom. The first-order valence-electron chi connectivity index (χ1n) is 12.8. The zero-order valence-corrected chi connectivity index (χ0v) is 20.7. The Kier molecular flexibility index (Phi) is 6.64. The first kappa shape index (κ1) is 25.3. The number of hydrogen-bond acceptors (Lipinski definition) is 6. The van der Waals surface area contributed by atoms with Crippen LogP contribution in [0.4, 0.5) is 13.2 Å². The molecule has 35 heavy (non-hydrogen) atoms. The number of fused-ring (bicyclic) bond motifs is 2. The first-order chi connectivity index (χ1) is 16.6. The number of aliphatic hydroxyl groups is 1. The molecule has 0 aromatic heterocycles. The van der Waals surface area contributed by atoms with Crippen LogP contribution in [0.25, 0.3) is 0 Å². The zero-order chi connectivity index (χ0) is 24.9. The summed E-state index contributed by atoms with van der Waals surface area (Å²) in [7, 11) is -5.84. The molecule has 2 fully saturated rings. The number of halogens is 3. The van der Waals surface area contributed by atoms with Crippen molar-refractivity contribution in [3.8, 4) is 0 Å². The Bertz CT molecular complexity index is 1010. The van der Waals surface area contributed by atoms with E-state index in [2.05, 4.69) is 28.0 Å². The highest BCUT2D eigenvalue weighted by Gasteiger charge is 2.67. The van der Waals surface area contributed by atoms with Crippen LogP contribution >= 0.6 is 0 Å². The highest BCUT2D eigenvalue weighted by Crippen LogP contribution is 2.60. The fourth-order valence-corrected chi connectivity index (χ4v) is 7.90. The van der Waals surface area contributed by atoms with Crippen LogP contribution < -0.4 is 0 Å². The van der Waals surface area contributed by atoms with Gasteiger partial charge in [0.25, 0.3) is 0 Å². The van der Waals surface area contributed by atoms with Gasteiger partial charge in [-0.2, -0.15) is 21.6 Å². The second-order valence-corrected chi connectivity index (χ2v) is 12.4. The van der Waals surface area contributed by atoms with Crippen molar-refractivity contribution >= 4 is 10.1 Å². The number of hydrogen-bond donors (Lipinski definition) is 1. The topological polar surface area (TPSA) is 70.1 Å². The third-order valence-corrected chi connectivity index (χ3v) is 9.63. The molecule has 5 aliphatic rings. The van der Waals surface area contributed by atoms with Crippen LogP contribution in [-0.2, 0) is 14.3 Å². The average molecular weight is 517 g/mol. The van der Waals surface area contributed by atoms with E-state index in [9.17, 15) is 26.7 Å². The number of rotatable bonds is 2. The lowest BCUT2D eigenvalue weighted by atomic mass is 9.57. The van der Waals surface area contributed by atoms with Crippen molar-refractivity contribution in [2.24, 2.45) is 11.3 Å². The van der Waals surface area contributed by atoms with Gasteiger partial charge in [-0.15, -0.1) is 0 Å². The van der Waals surface area contributed by atoms with Crippen molar-refractivity contribution in [3.63, 3.8) is 0 Å². The van der Waals surface area contributed by atoms with Crippen LogP contribution in [0.3, 0.4) is 0 Å². The average Bonchev–Trinajstić information content (AvgIpc) is 2.91. The normalized spacial score (nSPS) is 41.4. The molecule has 2 saturated heterocycles. The molecule has 1 unspecified atom stereocenters. The largest absolute Gasteiger partial charge is 0.534 e. The zero-order valence-electron chi connectivity index (χ0n) is 19.9. The second-order valence-electron chi connectivity index (χ2n) is 10.9. The molecule has 196 valence electrons. The molecule has 0 amide bonds. The van der Waals surface area contributed by atoms with Gasteiger partial charge in [0.15, 0.2) is 0 Å². The molecule has 3 bridgehead atoms. The second kappa shape index (κ2) is 9.19. The Morgan fingerprint density at radius 1 is 1.03 bits per heavy atom. The van der Waals surface area contributed by atoms with Crippen molar-refractivity contribution in [2.75, 3.05) is 26.2 Å². The summed E-state index contributed by atoms with van der Waals surface area (Å²) in [5.74, 6) is -0.719. The van der Waals surface area contributed by atoms with Crippen molar-refractivity contribution in [1.29, 1.82) is 0 Å². The summed E-state index contributed by atoms with van der Waals surface area (Å²) in [4.78, 5) is 4.71. The molecule has 5 rings (SSSR count). The van der Waals surface area contributed by atoms with Crippen LogP contribution in [0.15, 0.2) is 36.1 Å². The van der Waals surface area contributed by atoms with E-state index in [-0.39, 0.29) is 17.8 Å². The molecule has 4 heterocycles. The minimum absolute atomic E-state index is 0.0619. The molecule has 0 aromatic carbocycles. The molecule has 1 aliphatic carbocycles. The Hall–Kier alpha value is -1.36. The summed E-state index contributed by atoms with van der Waals surface area (Å²) in [5, 5.41) is 12.2. The van der Waals surface area contributed by atoms with Crippen LogP contribution in [-0.4, -0.2) is 72.7 Å². The number of piperidine rings is 1. The van der Waals surface area contributed by atoms with E-state index in [0.29, 0.717) is 38.8 Å². The predicted molar refractivity (Wildman–Crippen MR) is 126 cm³/mol. The van der Waals surface area contributed by atoms with Crippen LogP contribution in [0, 0.1) is 11.3 Å². The highest BCUT2D eigenvalue weighted by atomic mass is 32.2. The van der Waals surface area contributed by atoms with Gasteiger partial charge < -0.3 is 14.2 Å². The minimum atomic E-state index is -5.84. The minimum Gasteiger partial charge on any atom is -0.384 e. The Balaban J connectivity index is 1.64. The number of nitrogens with zero attached hydrogens (tertiary/aromatic N) is 2. The lowest BCUT2D eigenvalue weighted by Crippen LogP contribution is -2.66. The molecular formula is C25H35F3N2O4S. The van der Waals surface area contributed by atoms with Crippen LogP contribution in [0.2, 0.25) is 0 Å². The summed E-state index contributed by atoms with van der Waals surface area (Å²) in [6.45, 7) is 2.96.